The maximum atomic E-state index is 10.1. The monoisotopic (exact) mass is 274 g/mol. The summed E-state index contributed by atoms with van der Waals surface area (Å²) in [7, 11) is 0. The smallest absolute Gasteiger partial charge is 0.131 e. The lowest BCUT2D eigenvalue weighted by molar-refractivity contribution is 0.333. The fourth-order valence-corrected chi connectivity index (χ4v) is 2.09. The average Bonchev–Trinajstić information content (AvgIpc) is 2.42. The van der Waals surface area contributed by atoms with Crippen molar-refractivity contribution in [3.63, 3.8) is 0 Å². The first-order chi connectivity index (χ1) is 9.69. The van der Waals surface area contributed by atoms with Gasteiger partial charge >= 0.3 is 0 Å². The molecule has 0 amide bonds. The molecule has 2 N–H and O–H groups in total. The number of hydrogen-bond acceptors (Lipinski definition) is 4. The molecule has 0 aliphatic carbocycles. The van der Waals surface area contributed by atoms with Crippen molar-refractivity contribution in [3.05, 3.63) is 36.4 Å². The Kier molecular flexibility index (Phi) is 4.35. The third kappa shape index (κ3) is 2.64. The lowest BCUT2D eigenvalue weighted by Crippen LogP contribution is -1.98. The predicted molar refractivity (Wildman–Crippen MR) is 77.5 cm³/mol. The van der Waals surface area contributed by atoms with E-state index in [2.05, 4.69) is 0 Å². The first kappa shape index (κ1) is 14.1. The van der Waals surface area contributed by atoms with E-state index in [0.717, 1.165) is 0 Å². The van der Waals surface area contributed by atoms with Crippen LogP contribution in [0.4, 0.5) is 0 Å². The third-order valence-electron chi connectivity index (χ3n) is 2.86. The van der Waals surface area contributed by atoms with Crippen molar-refractivity contribution in [1.29, 1.82) is 0 Å². The molecule has 4 heteroatoms. The fourth-order valence-electron chi connectivity index (χ4n) is 2.09. The Balaban J connectivity index is 2.67. The van der Waals surface area contributed by atoms with Crippen LogP contribution in [0.15, 0.2) is 36.4 Å². The van der Waals surface area contributed by atoms with E-state index in [-0.39, 0.29) is 11.5 Å². The highest BCUT2D eigenvalue weighted by Crippen LogP contribution is 2.46. The summed E-state index contributed by atoms with van der Waals surface area (Å²) < 4.78 is 11.1. The number of hydrogen-bond donors (Lipinski definition) is 2. The van der Waals surface area contributed by atoms with E-state index < -0.39 is 0 Å². The van der Waals surface area contributed by atoms with Crippen molar-refractivity contribution in [2.24, 2.45) is 0 Å². The molecule has 0 bridgehead atoms. The Labute approximate surface area is 118 Å². The van der Waals surface area contributed by atoms with Gasteiger partial charge in [-0.25, -0.2) is 0 Å². The highest BCUT2D eigenvalue weighted by Gasteiger charge is 2.19. The first-order valence-corrected chi connectivity index (χ1v) is 6.59. The molecule has 2 aromatic carbocycles. The van der Waals surface area contributed by atoms with Crippen LogP contribution in [0.2, 0.25) is 0 Å². The van der Waals surface area contributed by atoms with Gasteiger partial charge in [0.05, 0.1) is 24.3 Å². The van der Waals surface area contributed by atoms with Crippen molar-refractivity contribution < 1.29 is 19.7 Å². The standard InChI is InChI=1S/C16H18O4/c1-3-19-13-9-5-7-11(17)15(13)16-12(18)8-6-10-14(16)20-4-2/h5-10,17-18H,3-4H2,1-2H3. The zero-order valence-electron chi connectivity index (χ0n) is 11.6. The molecule has 0 radical (unpaired) electrons. The third-order valence-corrected chi connectivity index (χ3v) is 2.86. The topological polar surface area (TPSA) is 58.9 Å². The minimum Gasteiger partial charge on any atom is -0.507 e. The van der Waals surface area contributed by atoms with Crippen molar-refractivity contribution in [2.75, 3.05) is 13.2 Å². The van der Waals surface area contributed by atoms with E-state index >= 15 is 0 Å². The van der Waals surface area contributed by atoms with Crippen LogP contribution in [-0.2, 0) is 0 Å². The normalized spacial score (nSPS) is 10.3. The van der Waals surface area contributed by atoms with Gasteiger partial charge in [0, 0.05) is 0 Å². The molecule has 0 heterocycles. The van der Waals surface area contributed by atoms with E-state index in [4.69, 9.17) is 9.47 Å². The summed E-state index contributed by atoms with van der Waals surface area (Å²) in [6, 6.07) is 10.0. The summed E-state index contributed by atoms with van der Waals surface area (Å²) in [6.07, 6.45) is 0. The van der Waals surface area contributed by atoms with Crippen molar-refractivity contribution in [1.82, 2.24) is 0 Å². The molecule has 0 saturated carbocycles. The van der Waals surface area contributed by atoms with Crippen LogP contribution in [0.3, 0.4) is 0 Å². The summed E-state index contributed by atoms with van der Waals surface area (Å²) in [5, 5.41) is 20.3. The van der Waals surface area contributed by atoms with Crippen molar-refractivity contribution in [3.8, 4) is 34.1 Å². The average molecular weight is 274 g/mol. The highest BCUT2D eigenvalue weighted by atomic mass is 16.5. The second-order valence-electron chi connectivity index (χ2n) is 4.17. The van der Waals surface area contributed by atoms with Crippen LogP contribution in [-0.4, -0.2) is 23.4 Å². The largest absolute Gasteiger partial charge is 0.507 e. The van der Waals surface area contributed by atoms with Gasteiger partial charge in [-0.1, -0.05) is 12.1 Å². The van der Waals surface area contributed by atoms with Gasteiger partial charge in [0.2, 0.25) is 0 Å². The van der Waals surface area contributed by atoms with Gasteiger partial charge in [-0.3, -0.25) is 0 Å². The zero-order chi connectivity index (χ0) is 14.5. The Hall–Kier alpha value is -2.36. The lowest BCUT2D eigenvalue weighted by Gasteiger charge is -2.16. The molecule has 20 heavy (non-hydrogen) atoms. The van der Waals surface area contributed by atoms with Crippen molar-refractivity contribution in [2.45, 2.75) is 13.8 Å². The van der Waals surface area contributed by atoms with Crippen LogP contribution >= 0.6 is 0 Å². The summed E-state index contributed by atoms with van der Waals surface area (Å²) in [5.41, 5.74) is 0.881. The predicted octanol–water partition coefficient (Wildman–Crippen LogP) is 3.56. The summed E-state index contributed by atoms with van der Waals surface area (Å²) >= 11 is 0. The minimum absolute atomic E-state index is 0.0402. The molecule has 0 unspecified atom stereocenters. The molecule has 0 atom stereocenters. The second-order valence-corrected chi connectivity index (χ2v) is 4.17. The van der Waals surface area contributed by atoms with Gasteiger partial charge in [-0.05, 0) is 38.1 Å². The van der Waals surface area contributed by atoms with Crippen LogP contribution in [0.1, 0.15) is 13.8 Å². The van der Waals surface area contributed by atoms with Gasteiger partial charge in [0.15, 0.2) is 0 Å². The summed E-state index contributed by atoms with van der Waals surface area (Å²) in [4.78, 5) is 0. The van der Waals surface area contributed by atoms with Gasteiger partial charge in [-0.15, -0.1) is 0 Å². The summed E-state index contributed by atoms with van der Waals surface area (Å²) in [5.74, 6) is 1.10. The molecule has 4 nitrogen and oxygen atoms in total. The van der Waals surface area contributed by atoms with E-state index in [1.165, 1.54) is 0 Å². The maximum absolute atomic E-state index is 10.1. The molecule has 2 rings (SSSR count). The molecule has 0 aliphatic rings. The number of ether oxygens (including phenoxy) is 2. The van der Waals surface area contributed by atoms with Gasteiger partial charge in [0.1, 0.15) is 23.0 Å². The SMILES string of the molecule is CCOc1cccc(O)c1-c1c(O)cccc1OCC. The fraction of sp³-hybridized carbons (Fsp3) is 0.250. The minimum atomic E-state index is 0.0402. The van der Waals surface area contributed by atoms with Crippen molar-refractivity contribution >= 4 is 0 Å². The van der Waals surface area contributed by atoms with Gasteiger partial charge < -0.3 is 19.7 Å². The number of rotatable bonds is 5. The molecular formula is C16H18O4. The van der Waals surface area contributed by atoms with E-state index in [0.29, 0.717) is 35.8 Å². The first-order valence-electron chi connectivity index (χ1n) is 6.59. The number of phenolic OH excluding ortho intramolecular Hbond substituents is 2. The number of aromatic hydroxyl groups is 2. The summed E-state index contributed by atoms with van der Waals surface area (Å²) in [6.45, 7) is 4.66. The Morgan fingerprint density at radius 2 is 1.15 bits per heavy atom. The van der Waals surface area contributed by atoms with Crippen LogP contribution in [0.5, 0.6) is 23.0 Å². The Morgan fingerprint density at radius 1 is 0.750 bits per heavy atom. The van der Waals surface area contributed by atoms with Crippen LogP contribution < -0.4 is 9.47 Å². The van der Waals surface area contributed by atoms with E-state index in [9.17, 15) is 10.2 Å². The van der Waals surface area contributed by atoms with Gasteiger partial charge in [-0.2, -0.15) is 0 Å². The lowest BCUT2D eigenvalue weighted by atomic mass is 10.0. The van der Waals surface area contributed by atoms with Crippen LogP contribution in [0.25, 0.3) is 11.1 Å². The van der Waals surface area contributed by atoms with E-state index in [1.807, 2.05) is 13.8 Å². The Bertz CT molecular complexity index is 540. The molecule has 0 aromatic heterocycles. The molecule has 0 aliphatic heterocycles. The molecule has 0 saturated heterocycles. The molecule has 0 spiro atoms. The molecular weight excluding hydrogens is 256 g/mol. The number of phenols is 2. The number of benzene rings is 2. The van der Waals surface area contributed by atoms with Gasteiger partial charge in [0.25, 0.3) is 0 Å². The van der Waals surface area contributed by atoms with Crippen LogP contribution in [0, 0.1) is 0 Å². The molecule has 106 valence electrons. The molecule has 0 fully saturated rings. The maximum Gasteiger partial charge on any atom is 0.131 e. The second kappa shape index (κ2) is 6.19. The highest BCUT2D eigenvalue weighted by molar-refractivity contribution is 5.85. The zero-order valence-corrected chi connectivity index (χ0v) is 11.6. The molecule has 2 aromatic rings. The van der Waals surface area contributed by atoms with E-state index in [1.54, 1.807) is 36.4 Å². The quantitative estimate of drug-likeness (QED) is 0.875. The Morgan fingerprint density at radius 3 is 1.50 bits per heavy atom.